The third-order valence-corrected chi connectivity index (χ3v) is 9.11. The van der Waals surface area contributed by atoms with Crippen LogP contribution in [-0.4, -0.2) is 81.4 Å². The third-order valence-electron chi connectivity index (χ3n) is 7.07. The Morgan fingerprint density at radius 2 is 1.75 bits per heavy atom. The number of benzene rings is 1. The summed E-state index contributed by atoms with van der Waals surface area (Å²) in [6.45, 7) is 3.84. The molecular formula is C24H39N3O4S. The standard InChI is InChI=1S/C24H39N3O4S/c1-19-10-8-9-15-27(19)32(29,30)23-18-20(13-14-22(23)31-4)24(28)26(3)17-16-25(2)21-11-6-5-7-12-21/h13-14,18-19,21H,5-12,15-17H2,1-4H3. The summed E-state index contributed by atoms with van der Waals surface area (Å²) in [4.78, 5) is 17.2. The van der Waals surface area contributed by atoms with Crippen molar-refractivity contribution in [1.82, 2.24) is 14.1 Å². The molecule has 0 bridgehead atoms. The van der Waals surface area contributed by atoms with Gasteiger partial charge in [0.2, 0.25) is 10.0 Å². The molecule has 180 valence electrons. The van der Waals surface area contributed by atoms with E-state index in [4.69, 9.17) is 4.74 Å². The van der Waals surface area contributed by atoms with Crippen LogP contribution in [0.3, 0.4) is 0 Å². The number of hydrogen-bond acceptors (Lipinski definition) is 5. The van der Waals surface area contributed by atoms with Gasteiger partial charge in [0.15, 0.2) is 0 Å². The quantitative estimate of drug-likeness (QED) is 0.587. The highest BCUT2D eigenvalue weighted by atomic mass is 32.2. The van der Waals surface area contributed by atoms with Gasteiger partial charge < -0.3 is 14.5 Å². The molecule has 1 saturated carbocycles. The lowest BCUT2D eigenvalue weighted by Gasteiger charge is -2.33. The van der Waals surface area contributed by atoms with E-state index in [1.807, 2.05) is 6.92 Å². The number of likely N-dealkylation sites (N-methyl/N-ethyl adjacent to an activating group) is 2. The van der Waals surface area contributed by atoms with Gasteiger partial charge in [-0.05, 0) is 57.9 Å². The van der Waals surface area contributed by atoms with E-state index < -0.39 is 10.0 Å². The molecular weight excluding hydrogens is 426 g/mol. The maximum Gasteiger partial charge on any atom is 0.253 e. The number of ether oxygens (including phenoxy) is 1. The summed E-state index contributed by atoms with van der Waals surface area (Å²) in [6, 6.07) is 5.27. The van der Waals surface area contributed by atoms with Gasteiger partial charge in [0.05, 0.1) is 7.11 Å². The summed E-state index contributed by atoms with van der Waals surface area (Å²) in [5.41, 5.74) is 0.372. The molecule has 1 aromatic carbocycles. The summed E-state index contributed by atoms with van der Waals surface area (Å²) < 4.78 is 33.8. The van der Waals surface area contributed by atoms with Crippen molar-refractivity contribution in [2.24, 2.45) is 0 Å². The molecule has 32 heavy (non-hydrogen) atoms. The minimum Gasteiger partial charge on any atom is -0.495 e. The Hall–Kier alpha value is -1.64. The summed E-state index contributed by atoms with van der Waals surface area (Å²) in [5.74, 6) is 0.104. The zero-order chi connectivity index (χ0) is 23.3. The maximum atomic E-state index is 13.4. The fourth-order valence-electron chi connectivity index (χ4n) is 4.90. The first kappa shape index (κ1) is 25.0. The molecule has 0 aromatic heterocycles. The van der Waals surface area contributed by atoms with E-state index in [1.54, 1.807) is 28.4 Å². The van der Waals surface area contributed by atoms with Crippen LogP contribution in [0.5, 0.6) is 5.75 Å². The number of sulfonamides is 1. The van der Waals surface area contributed by atoms with Gasteiger partial charge in [-0.3, -0.25) is 4.79 Å². The lowest BCUT2D eigenvalue weighted by Crippen LogP contribution is -2.42. The molecule has 1 atom stereocenters. The Balaban J connectivity index is 1.74. The highest BCUT2D eigenvalue weighted by molar-refractivity contribution is 7.89. The Morgan fingerprint density at radius 3 is 2.41 bits per heavy atom. The van der Waals surface area contributed by atoms with Crippen molar-refractivity contribution < 1.29 is 17.9 Å². The van der Waals surface area contributed by atoms with Crippen LogP contribution >= 0.6 is 0 Å². The molecule has 2 fully saturated rings. The lowest BCUT2D eigenvalue weighted by molar-refractivity contribution is 0.0767. The van der Waals surface area contributed by atoms with Crippen LogP contribution in [0.4, 0.5) is 0 Å². The first-order chi connectivity index (χ1) is 15.3. The average molecular weight is 466 g/mol. The molecule has 1 aliphatic carbocycles. The number of methoxy groups -OCH3 is 1. The summed E-state index contributed by atoms with van der Waals surface area (Å²) in [6.07, 6.45) is 9.06. The topological polar surface area (TPSA) is 70.2 Å². The van der Waals surface area contributed by atoms with Crippen molar-refractivity contribution >= 4 is 15.9 Å². The molecule has 0 radical (unpaired) electrons. The molecule has 1 aliphatic heterocycles. The molecule has 0 N–H and O–H groups in total. The average Bonchev–Trinajstić information content (AvgIpc) is 2.82. The number of carbonyl (C=O) groups excluding carboxylic acids is 1. The largest absolute Gasteiger partial charge is 0.495 e. The smallest absolute Gasteiger partial charge is 0.253 e. The number of piperidine rings is 1. The van der Waals surface area contributed by atoms with Gasteiger partial charge in [-0.2, -0.15) is 4.31 Å². The van der Waals surface area contributed by atoms with Gasteiger partial charge >= 0.3 is 0 Å². The normalized spacial score (nSPS) is 21.0. The first-order valence-electron chi connectivity index (χ1n) is 11.9. The fourth-order valence-corrected chi connectivity index (χ4v) is 6.78. The predicted octanol–water partition coefficient (Wildman–Crippen LogP) is 3.59. The van der Waals surface area contributed by atoms with Crippen LogP contribution < -0.4 is 4.74 Å². The second-order valence-electron chi connectivity index (χ2n) is 9.33. The second-order valence-corrected chi connectivity index (χ2v) is 11.2. The van der Waals surface area contributed by atoms with Crippen molar-refractivity contribution in [3.63, 3.8) is 0 Å². The van der Waals surface area contributed by atoms with E-state index in [1.165, 1.54) is 45.3 Å². The fraction of sp³-hybridized carbons (Fsp3) is 0.708. The number of nitrogens with zero attached hydrogens (tertiary/aromatic N) is 3. The zero-order valence-electron chi connectivity index (χ0n) is 20.0. The molecule has 1 heterocycles. The van der Waals surface area contributed by atoms with Gasteiger partial charge in [-0.1, -0.05) is 25.7 Å². The highest BCUT2D eigenvalue weighted by Crippen LogP contribution is 2.32. The Labute approximate surface area is 193 Å². The molecule has 1 aromatic rings. The number of rotatable bonds is 8. The van der Waals surface area contributed by atoms with Gasteiger partial charge in [0.1, 0.15) is 10.6 Å². The molecule has 7 nitrogen and oxygen atoms in total. The summed E-state index contributed by atoms with van der Waals surface area (Å²) >= 11 is 0. The molecule has 1 unspecified atom stereocenters. The van der Waals surface area contributed by atoms with Crippen LogP contribution in [0.25, 0.3) is 0 Å². The Bertz CT molecular complexity index is 883. The van der Waals surface area contributed by atoms with E-state index in [2.05, 4.69) is 11.9 Å². The van der Waals surface area contributed by atoms with Gasteiger partial charge in [-0.15, -0.1) is 0 Å². The molecule has 0 spiro atoms. The van der Waals surface area contributed by atoms with Crippen molar-refractivity contribution in [3.8, 4) is 5.75 Å². The van der Waals surface area contributed by atoms with E-state index >= 15 is 0 Å². The van der Waals surface area contributed by atoms with E-state index in [9.17, 15) is 13.2 Å². The molecule has 3 rings (SSSR count). The number of amides is 1. The van der Waals surface area contributed by atoms with Crippen LogP contribution in [0, 0.1) is 0 Å². The van der Waals surface area contributed by atoms with Crippen LogP contribution in [0.15, 0.2) is 23.1 Å². The number of carbonyl (C=O) groups is 1. The minimum atomic E-state index is -3.75. The van der Waals surface area contributed by atoms with Gasteiger partial charge in [-0.25, -0.2) is 8.42 Å². The first-order valence-corrected chi connectivity index (χ1v) is 13.3. The van der Waals surface area contributed by atoms with Crippen LogP contribution in [0.1, 0.15) is 68.6 Å². The van der Waals surface area contributed by atoms with Crippen molar-refractivity contribution in [2.75, 3.05) is 40.8 Å². The van der Waals surface area contributed by atoms with Crippen molar-refractivity contribution in [1.29, 1.82) is 0 Å². The molecule has 8 heteroatoms. The minimum absolute atomic E-state index is 0.0594. The van der Waals surface area contributed by atoms with Crippen LogP contribution in [0.2, 0.25) is 0 Å². The van der Waals surface area contributed by atoms with Crippen molar-refractivity contribution in [2.45, 2.75) is 75.3 Å². The molecule has 2 aliphatic rings. The Morgan fingerprint density at radius 1 is 1.06 bits per heavy atom. The lowest BCUT2D eigenvalue weighted by atomic mass is 9.94. The van der Waals surface area contributed by atoms with Gasteiger partial charge in [0, 0.05) is 44.3 Å². The predicted molar refractivity (Wildman–Crippen MR) is 127 cm³/mol. The summed E-state index contributed by atoms with van der Waals surface area (Å²) in [7, 11) is 1.63. The third kappa shape index (κ3) is 5.64. The van der Waals surface area contributed by atoms with Gasteiger partial charge in [0.25, 0.3) is 5.91 Å². The zero-order valence-corrected chi connectivity index (χ0v) is 20.9. The van der Waals surface area contributed by atoms with Crippen LogP contribution in [-0.2, 0) is 10.0 Å². The molecule has 1 saturated heterocycles. The summed E-state index contributed by atoms with van der Waals surface area (Å²) in [5, 5.41) is 0. The second kappa shape index (κ2) is 11.0. The van der Waals surface area contributed by atoms with E-state index in [0.29, 0.717) is 24.7 Å². The highest BCUT2D eigenvalue weighted by Gasteiger charge is 2.34. The van der Waals surface area contributed by atoms with Crippen molar-refractivity contribution in [3.05, 3.63) is 23.8 Å². The Kier molecular flexibility index (Phi) is 8.58. The monoisotopic (exact) mass is 465 g/mol. The number of hydrogen-bond donors (Lipinski definition) is 0. The SMILES string of the molecule is COc1ccc(C(=O)N(C)CCN(C)C2CCCCC2)cc1S(=O)(=O)N1CCCCC1C. The van der Waals surface area contributed by atoms with E-state index in [-0.39, 0.29) is 22.6 Å². The maximum absolute atomic E-state index is 13.4. The van der Waals surface area contributed by atoms with E-state index in [0.717, 1.165) is 25.8 Å². The molecule has 1 amide bonds.